The first-order valence-corrected chi connectivity index (χ1v) is 15.3. The zero-order valence-corrected chi connectivity index (χ0v) is 24.5. The average molecular weight is 600 g/mol. The second kappa shape index (κ2) is 14.1. The Morgan fingerprint density at radius 1 is 0.907 bits per heavy atom. The van der Waals surface area contributed by atoms with Gasteiger partial charge in [-0.1, -0.05) is 35.5 Å². The van der Waals surface area contributed by atoms with Crippen molar-refractivity contribution in [3.63, 3.8) is 0 Å². The Labute approximate surface area is 250 Å². The van der Waals surface area contributed by atoms with Crippen molar-refractivity contribution in [2.45, 2.75) is 30.3 Å². The summed E-state index contributed by atoms with van der Waals surface area (Å²) >= 11 is 0. The van der Waals surface area contributed by atoms with E-state index >= 15 is 0 Å². The Balaban J connectivity index is 1.10. The molecule has 0 fully saturated rings. The van der Waals surface area contributed by atoms with E-state index in [4.69, 9.17) is 9.26 Å². The highest BCUT2D eigenvalue weighted by Gasteiger charge is 2.16. The van der Waals surface area contributed by atoms with E-state index in [2.05, 4.69) is 25.2 Å². The Kier molecular flexibility index (Phi) is 9.77. The zero-order valence-electron chi connectivity index (χ0n) is 23.7. The monoisotopic (exact) mass is 599 g/mol. The maximum absolute atomic E-state index is 13.0. The molecule has 2 heterocycles. The Morgan fingerprint density at radius 2 is 1.63 bits per heavy atom. The second-order valence-corrected chi connectivity index (χ2v) is 11.6. The molecule has 0 bridgehead atoms. The van der Waals surface area contributed by atoms with Crippen LogP contribution in [0.1, 0.15) is 28.7 Å². The topological polar surface area (TPSA) is 139 Å². The van der Waals surface area contributed by atoms with Gasteiger partial charge in [0.15, 0.2) is 0 Å². The van der Waals surface area contributed by atoms with Gasteiger partial charge in [0.2, 0.25) is 11.7 Å². The number of aliphatic hydroxyl groups is 1. The number of nitrogens with zero attached hydrogens (tertiary/aromatic N) is 3. The van der Waals surface area contributed by atoms with Crippen molar-refractivity contribution in [1.82, 2.24) is 20.4 Å². The van der Waals surface area contributed by atoms with Crippen LogP contribution in [0.25, 0.3) is 11.4 Å². The summed E-state index contributed by atoms with van der Waals surface area (Å²) in [5, 5.41) is 17.5. The quantitative estimate of drug-likeness (QED) is 0.156. The van der Waals surface area contributed by atoms with Crippen LogP contribution in [0.2, 0.25) is 0 Å². The molecular weight excluding hydrogens is 566 g/mol. The third-order valence-electron chi connectivity index (χ3n) is 6.88. The number of pyridine rings is 1. The number of ether oxygens (including phenoxy) is 1. The molecule has 0 amide bonds. The van der Waals surface area contributed by atoms with E-state index in [1.165, 1.54) is 12.1 Å². The number of benzene rings is 3. The van der Waals surface area contributed by atoms with Crippen LogP contribution in [0.4, 0.5) is 5.69 Å². The van der Waals surface area contributed by atoms with Gasteiger partial charge >= 0.3 is 0 Å². The fraction of sp³-hybridized carbons (Fsp3) is 0.219. The maximum atomic E-state index is 13.0. The number of aryl methyl sites for hydroxylation is 2. The first-order chi connectivity index (χ1) is 20.9. The van der Waals surface area contributed by atoms with Gasteiger partial charge in [0.05, 0.1) is 18.1 Å². The lowest BCUT2D eigenvalue weighted by Crippen LogP contribution is -2.23. The van der Waals surface area contributed by atoms with Crippen LogP contribution < -0.4 is 14.8 Å². The van der Waals surface area contributed by atoms with Gasteiger partial charge in [-0.2, -0.15) is 4.98 Å². The van der Waals surface area contributed by atoms with Crippen molar-refractivity contribution in [2.75, 3.05) is 24.9 Å². The molecule has 0 saturated heterocycles. The van der Waals surface area contributed by atoms with E-state index in [0.29, 0.717) is 42.5 Å². The lowest BCUT2D eigenvalue weighted by Gasteiger charge is -2.12. The predicted molar refractivity (Wildman–Crippen MR) is 163 cm³/mol. The van der Waals surface area contributed by atoms with E-state index < -0.39 is 16.1 Å². The average Bonchev–Trinajstić information content (AvgIpc) is 3.52. The highest BCUT2D eigenvalue weighted by atomic mass is 32.2. The molecule has 3 N–H and O–H groups in total. The summed E-state index contributed by atoms with van der Waals surface area (Å²) in [6, 6.07) is 25.0. The first-order valence-electron chi connectivity index (χ1n) is 13.9. The van der Waals surface area contributed by atoms with E-state index in [1.807, 2.05) is 42.5 Å². The van der Waals surface area contributed by atoms with Gasteiger partial charge in [-0.05, 0) is 85.1 Å². The first kappa shape index (κ1) is 29.9. The number of hydrogen-bond acceptors (Lipinski definition) is 9. The third-order valence-corrected chi connectivity index (χ3v) is 8.28. The fourth-order valence-corrected chi connectivity index (χ4v) is 5.47. The number of methoxy groups -OCH3 is 1. The molecule has 10 nitrogen and oxygen atoms in total. The molecule has 222 valence electrons. The van der Waals surface area contributed by atoms with Crippen molar-refractivity contribution in [3.05, 3.63) is 120 Å². The molecule has 0 radical (unpaired) electrons. The van der Waals surface area contributed by atoms with Gasteiger partial charge < -0.3 is 19.7 Å². The molecule has 2 aromatic heterocycles. The van der Waals surface area contributed by atoms with E-state index in [0.717, 1.165) is 35.3 Å². The Hall–Kier alpha value is -4.58. The van der Waals surface area contributed by atoms with Crippen molar-refractivity contribution < 1.29 is 22.8 Å². The van der Waals surface area contributed by atoms with E-state index in [-0.39, 0.29) is 4.90 Å². The largest absolute Gasteiger partial charge is 0.497 e. The highest BCUT2D eigenvalue weighted by Crippen LogP contribution is 2.22. The summed E-state index contributed by atoms with van der Waals surface area (Å²) in [4.78, 5) is 8.61. The zero-order chi connectivity index (χ0) is 30.1. The molecule has 11 heteroatoms. The lowest BCUT2D eigenvalue weighted by molar-refractivity contribution is 0.174. The number of hydrogen-bond donors (Lipinski definition) is 3. The summed E-state index contributed by atoms with van der Waals surface area (Å²) in [5.41, 5.74) is 4.06. The summed E-state index contributed by atoms with van der Waals surface area (Å²) in [6.07, 6.45) is 4.75. The molecule has 0 aliphatic carbocycles. The molecule has 43 heavy (non-hydrogen) atoms. The van der Waals surface area contributed by atoms with Crippen LogP contribution >= 0.6 is 0 Å². The molecule has 1 unspecified atom stereocenters. The molecule has 0 saturated carbocycles. The van der Waals surface area contributed by atoms with E-state index in [1.54, 1.807) is 49.8 Å². The van der Waals surface area contributed by atoms with Gasteiger partial charge in [-0.25, -0.2) is 8.42 Å². The van der Waals surface area contributed by atoms with Gasteiger partial charge in [-0.15, -0.1) is 0 Å². The molecule has 5 rings (SSSR count). The van der Waals surface area contributed by atoms with Crippen LogP contribution in [-0.2, 0) is 29.3 Å². The summed E-state index contributed by atoms with van der Waals surface area (Å²) in [5.74, 6) is 1.71. The lowest BCUT2D eigenvalue weighted by atomic mass is 10.1. The number of sulfonamides is 1. The number of aromatic nitrogens is 3. The van der Waals surface area contributed by atoms with Gasteiger partial charge in [0.25, 0.3) is 10.0 Å². The van der Waals surface area contributed by atoms with Crippen molar-refractivity contribution in [3.8, 4) is 17.1 Å². The Morgan fingerprint density at radius 3 is 2.33 bits per heavy atom. The molecule has 3 aromatic carbocycles. The van der Waals surface area contributed by atoms with Crippen LogP contribution in [0.3, 0.4) is 0 Å². The second-order valence-electron chi connectivity index (χ2n) is 9.94. The van der Waals surface area contributed by atoms with Gasteiger partial charge in [0.1, 0.15) is 5.75 Å². The van der Waals surface area contributed by atoms with Gasteiger partial charge in [0, 0.05) is 42.2 Å². The molecule has 5 aromatic rings. The summed E-state index contributed by atoms with van der Waals surface area (Å²) in [7, 11) is -2.16. The standard InChI is InChI=1S/C32H33N5O5S/c1-41-28-13-6-23(7-14-28)8-17-31-35-32(36-42-31)25-9-15-29(16-10-25)43(39,40)37-27-11-4-24(5-12-27)18-20-34-22-30(38)26-3-2-19-33-21-26/h2-7,9-16,19,21,30,34,37-38H,8,17-18,20,22H2,1H3. The van der Waals surface area contributed by atoms with Crippen molar-refractivity contribution in [2.24, 2.45) is 0 Å². The number of anilines is 1. The van der Waals surface area contributed by atoms with Crippen LogP contribution in [-0.4, -0.2) is 48.8 Å². The van der Waals surface area contributed by atoms with Gasteiger partial charge in [-0.3, -0.25) is 9.71 Å². The molecule has 0 spiro atoms. The minimum absolute atomic E-state index is 0.125. The normalized spacial score (nSPS) is 12.1. The molecule has 0 aliphatic rings. The predicted octanol–water partition coefficient (Wildman–Crippen LogP) is 4.59. The number of rotatable bonds is 14. The smallest absolute Gasteiger partial charge is 0.261 e. The fourth-order valence-electron chi connectivity index (χ4n) is 4.42. The van der Waals surface area contributed by atoms with Crippen LogP contribution in [0.15, 0.2) is 107 Å². The summed E-state index contributed by atoms with van der Waals surface area (Å²) < 4.78 is 39.2. The van der Waals surface area contributed by atoms with Crippen LogP contribution in [0, 0.1) is 0 Å². The molecule has 0 aliphatic heterocycles. The molecule has 1 atom stereocenters. The summed E-state index contributed by atoms with van der Waals surface area (Å²) in [6.45, 7) is 1.08. The minimum atomic E-state index is -3.79. The maximum Gasteiger partial charge on any atom is 0.261 e. The number of aliphatic hydroxyl groups excluding tert-OH is 1. The van der Waals surface area contributed by atoms with E-state index in [9.17, 15) is 13.5 Å². The molecular formula is C32H33N5O5S. The minimum Gasteiger partial charge on any atom is -0.497 e. The number of nitrogens with one attached hydrogen (secondary N) is 2. The van der Waals surface area contributed by atoms with Crippen molar-refractivity contribution in [1.29, 1.82) is 0 Å². The Bertz CT molecular complexity index is 1690. The SMILES string of the molecule is COc1ccc(CCc2nc(-c3ccc(S(=O)(=O)Nc4ccc(CCNCC(O)c5cccnc5)cc4)cc3)no2)cc1. The highest BCUT2D eigenvalue weighted by molar-refractivity contribution is 7.92. The van der Waals surface area contributed by atoms with Crippen molar-refractivity contribution >= 4 is 15.7 Å². The third kappa shape index (κ3) is 8.25. The van der Waals surface area contributed by atoms with Crippen LogP contribution in [0.5, 0.6) is 5.75 Å².